The lowest BCUT2D eigenvalue weighted by atomic mass is 9.97. The number of hydrogen-bond acceptors (Lipinski definition) is 5. The van der Waals surface area contributed by atoms with Crippen molar-refractivity contribution in [3.05, 3.63) is 38.3 Å². The average molecular weight is 342 g/mol. The molecule has 108 valence electrons. The van der Waals surface area contributed by atoms with Gasteiger partial charge in [0.25, 0.3) is 5.69 Å². The van der Waals surface area contributed by atoms with Crippen molar-refractivity contribution in [2.75, 3.05) is 13.1 Å². The van der Waals surface area contributed by atoms with Crippen LogP contribution < -0.4 is 0 Å². The molecule has 1 aliphatic heterocycles. The summed E-state index contributed by atoms with van der Waals surface area (Å²) in [5, 5.41) is 23.3. The number of nitro benzene ring substituents is 1. The van der Waals surface area contributed by atoms with Crippen molar-refractivity contribution in [3.8, 4) is 0 Å². The van der Waals surface area contributed by atoms with E-state index < -0.39 is 0 Å². The van der Waals surface area contributed by atoms with E-state index in [0.29, 0.717) is 23.0 Å². The van der Waals surface area contributed by atoms with Crippen molar-refractivity contribution in [2.24, 2.45) is 11.1 Å². The van der Waals surface area contributed by atoms with Gasteiger partial charge in [-0.2, -0.15) is 0 Å². The predicted octanol–water partition coefficient (Wildman–Crippen LogP) is 3.03. The minimum atomic E-state index is -0.353. The van der Waals surface area contributed by atoms with E-state index in [1.807, 2.05) is 13.0 Å². The second-order valence-corrected chi connectivity index (χ2v) is 5.92. The number of rotatable bonds is 3. The fraction of sp³-hybridized carbons (Fsp3) is 0.462. The van der Waals surface area contributed by atoms with Gasteiger partial charge in [-0.05, 0) is 12.1 Å². The molecule has 1 N–H and O–H groups in total. The molecule has 6 nitrogen and oxygen atoms in total. The minimum Gasteiger partial charge on any atom is -0.411 e. The van der Waals surface area contributed by atoms with Crippen LogP contribution in [-0.2, 0) is 6.54 Å². The van der Waals surface area contributed by atoms with E-state index in [-0.39, 0.29) is 16.5 Å². The Labute approximate surface area is 125 Å². The van der Waals surface area contributed by atoms with E-state index in [9.17, 15) is 10.1 Å². The largest absolute Gasteiger partial charge is 0.411 e. The van der Waals surface area contributed by atoms with Gasteiger partial charge in [0.2, 0.25) is 0 Å². The topological polar surface area (TPSA) is 79.0 Å². The van der Waals surface area contributed by atoms with Crippen LogP contribution in [0, 0.1) is 16.0 Å². The number of oxime groups is 1. The monoisotopic (exact) mass is 341 g/mol. The maximum Gasteiger partial charge on any atom is 0.275 e. The lowest BCUT2D eigenvalue weighted by Crippen LogP contribution is -2.39. The summed E-state index contributed by atoms with van der Waals surface area (Å²) in [5.74, 6) is 0.170. The van der Waals surface area contributed by atoms with Gasteiger partial charge in [0.05, 0.1) is 10.6 Å². The zero-order chi connectivity index (χ0) is 14.7. The van der Waals surface area contributed by atoms with Crippen molar-refractivity contribution in [2.45, 2.75) is 19.9 Å². The Kier molecular flexibility index (Phi) is 4.72. The maximum absolute atomic E-state index is 11.1. The number of benzene rings is 1. The molecule has 0 aliphatic carbocycles. The van der Waals surface area contributed by atoms with Crippen molar-refractivity contribution in [1.29, 1.82) is 0 Å². The quantitative estimate of drug-likeness (QED) is 0.520. The molecular weight excluding hydrogens is 326 g/mol. The molecule has 1 unspecified atom stereocenters. The molecule has 1 fully saturated rings. The van der Waals surface area contributed by atoms with Crippen LogP contribution in [0.25, 0.3) is 0 Å². The van der Waals surface area contributed by atoms with Crippen LogP contribution in [0.15, 0.2) is 27.8 Å². The molecule has 1 heterocycles. The molecule has 0 spiro atoms. The van der Waals surface area contributed by atoms with Crippen LogP contribution >= 0.6 is 15.9 Å². The normalized spacial score (nSPS) is 22.1. The molecule has 7 heteroatoms. The third-order valence-corrected chi connectivity index (χ3v) is 4.04. The fourth-order valence-electron chi connectivity index (χ4n) is 2.48. The van der Waals surface area contributed by atoms with Gasteiger partial charge in [-0.15, -0.1) is 0 Å². The van der Waals surface area contributed by atoms with Crippen molar-refractivity contribution >= 4 is 27.3 Å². The molecule has 0 aromatic heterocycles. The van der Waals surface area contributed by atoms with Crippen LogP contribution in [0.4, 0.5) is 5.69 Å². The summed E-state index contributed by atoms with van der Waals surface area (Å²) < 4.78 is 0.703. The average Bonchev–Trinajstić information content (AvgIpc) is 2.41. The summed E-state index contributed by atoms with van der Waals surface area (Å²) >= 11 is 3.26. The standard InChI is InChI=1S/C13H16BrN3O3/c1-9-7-16(5-4-12(9)15-18)8-10-2-3-11(14)6-13(10)17(19)20/h2-3,6,9,18H,4-5,7-8H2,1H3/b15-12+. The lowest BCUT2D eigenvalue weighted by Gasteiger charge is -2.31. The summed E-state index contributed by atoms with van der Waals surface area (Å²) in [4.78, 5) is 12.9. The molecule has 0 bridgehead atoms. The second kappa shape index (κ2) is 6.32. The van der Waals surface area contributed by atoms with E-state index in [0.717, 1.165) is 18.8 Å². The molecule has 1 aromatic rings. The first-order valence-corrected chi connectivity index (χ1v) is 7.16. The Morgan fingerprint density at radius 1 is 1.60 bits per heavy atom. The summed E-state index contributed by atoms with van der Waals surface area (Å²) in [7, 11) is 0. The SMILES string of the molecule is CC1CN(Cc2ccc(Br)cc2[N+](=O)[O-])CC/C1=N\O. The third kappa shape index (κ3) is 3.34. The maximum atomic E-state index is 11.1. The zero-order valence-electron chi connectivity index (χ0n) is 11.1. The molecule has 1 saturated heterocycles. The molecule has 1 aliphatic rings. The van der Waals surface area contributed by atoms with Gasteiger partial charge in [0.15, 0.2) is 0 Å². The summed E-state index contributed by atoms with van der Waals surface area (Å²) in [5.41, 5.74) is 1.63. The van der Waals surface area contributed by atoms with E-state index in [1.54, 1.807) is 6.07 Å². The van der Waals surface area contributed by atoms with Gasteiger partial charge in [0.1, 0.15) is 0 Å². The molecular formula is C13H16BrN3O3. The van der Waals surface area contributed by atoms with Gasteiger partial charge >= 0.3 is 0 Å². The number of likely N-dealkylation sites (tertiary alicyclic amines) is 1. The van der Waals surface area contributed by atoms with Crippen LogP contribution in [0.1, 0.15) is 18.9 Å². The number of halogens is 1. The van der Waals surface area contributed by atoms with Gasteiger partial charge in [-0.25, -0.2) is 0 Å². The number of piperidine rings is 1. The Hall–Kier alpha value is -1.47. The molecule has 1 atom stereocenters. The van der Waals surface area contributed by atoms with Crippen LogP contribution in [0.5, 0.6) is 0 Å². The van der Waals surface area contributed by atoms with Gasteiger partial charge in [0, 0.05) is 48.1 Å². The highest BCUT2D eigenvalue weighted by Gasteiger charge is 2.24. The summed E-state index contributed by atoms with van der Waals surface area (Å²) in [6.07, 6.45) is 0.696. The smallest absolute Gasteiger partial charge is 0.275 e. The van der Waals surface area contributed by atoms with Crippen molar-refractivity contribution < 1.29 is 10.1 Å². The zero-order valence-corrected chi connectivity index (χ0v) is 12.7. The first-order valence-electron chi connectivity index (χ1n) is 6.37. The molecule has 20 heavy (non-hydrogen) atoms. The fourth-order valence-corrected chi connectivity index (χ4v) is 2.83. The Morgan fingerprint density at radius 2 is 2.35 bits per heavy atom. The third-order valence-electron chi connectivity index (χ3n) is 3.55. The van der Waals surface area contributed by atoms with E-state index in [1.165, 1.54) is 6.07 Å². The highest BCUT2D eigenvalue weighted by Crippen LogP contribution is 2.26. The van der Waals surface area contributed by atoms with Crippen molar-refractivity contribution in [1.82, 2.24) is 4.90 Å². The Bertz CT molecular complexity index is 548. The highest BCUT2D eigenvalue weighted by atomic mass is 79.9. The molecule has 2 rings (SSSR count). The first-order chi connectivity index (χ1) is 9.51. The number of nitro groups is 1. The number of hydrogen-bond donors (Lipinski definition) is 1. The van der Waals surface area contributed by atoms with E-state index >= 15 is 0 Å². The molecule has 0 saturated carbocycles. The summed E-state index contributed by atoms with van der Waals surface area (Å²) in [6, 6.07) is 5.13. The van der Waals surface area contributed by atoms with E-state index in [2.05, 4.69) is 26.0 Å². The second-order valence-electron chi connectivity index (χ2n) is 5.01. The van der Waals surface area contributed by atoms with Gasteiger partial charge in [-0.1, -0.05) is 28.0 Å². The van der Waals surface area contributed by atoms with Crippen molar-refractivity contribution in [3.63, 3.8) is 0 Å². The van der Waals surface area contributed by atoms with E-state index in [4.69, 9.17) is 5.21 Å². The van der Waals surface area contributed by atoms with Gasteiger partial charge in [-0.3, -0.25) is 15.0 Å². The van der Waals surface area contributed by atoms with Crippen LogP contribution in [-0.4, -0.2) is 33.8 Å². The van der Waals surface area contributed by atoms with Crippen LogP contribution in [0.2, 0.25) is 0 Å². The minimum absolute atomic E-state index is 0.133. The highest BCUT2D eigenvalue weighted by molar-refractivity contribution is 9.10. The van der Waals surface area contributed by atoms with Gasteiger partial charge < -0.3 is 5.21 Å². The lowest BCUT2D eigenvalue weighted by molar-refractivity contribution is -0.385. The molecule has 1 aromatic carbocycles. The number of nitrogens with zero attached hydrogens (tertiary/aromatic N) is 3. The Morgan fingerprint density at radius 3 is 2.95 bits per heavy atom. The molecule has 0 amide bonds. The van der Waals surface area contributed by atoms with Crippen LogP contribution in [0.3, 0.4) is 0 Å². The Balaban J connectivity index is 2.13. The summed E-state index contributed by atoms with van der Waals surface area (Å²) in [6.45, 7) is 4.02. The first kappa shape index (κ1) is 14.9. The molecule has 0 radical (unpaired) electrons. The predicted molar refractivity (Wildman–Crippen MR) is 79.1 cm³/mol.